The topological polar surface area (TPSA) is 74.4 Å². The monoisotopic (exact) mass is 337 g/mol. The van der Waals surface area contributed by atoms with Crippen molar-refractivity contribution in [3.63, 3.8) is 0 Å². The molecule has 1 aromatic rings. The van der Waals surface area contributed by atoms with Crippen LogP contribution in [0.3, 0.4) is 0 Å². The maximum absolute atomic E-state index is 12.9. The van der Waals surface area contributed by atoms with Gasteiger partial charge in [-0.1, -0.05) is 19.1 Å². The number of benzene rings is 1. The molecule has 0 spiro atoms. The molecule has 0 aliphatic carbocycles. The average molecular weight is 337 g/mol. The number of amides is 1. The molecule has 2 fully saturated rings. The molecule has 0 saturated carbocycles. The van der Waals surface area contributed by atoms with Crippen LogP contribution in [0.15, 0.2) is 18.2 Å². The Labute approximate surface area is 148 Å². The molecule has 25 heavy (non-hydrogen) atoms. The lowest BCUT2D eigenvalue weighted by atomic mass is 9.95. The van der Waals surface area contributed by atoms with Crippen molar-refractivity contribution < 1.29 is 4.79 Å². The van der Waals surface area contributed by atoms with Crippen molar-refractivity contribution in [1.82, 2.24) is 14.7 Å². The predicted molar refractivity (Wildman–Crippen MR) is 93.4 cm³/mol. The summed E-state index contributed by atoms with van der Waals surface area (Å²) >= 11 is 0. The highest BCUT2D eigenvalue weighted by atomic mass is 16.2. The number of hydrogen-bond donors (Lipinski definition) is 0. The van der Waals surface area contributed by atoms with Gasteiger partial charge in [0.15, 0.2) is 6.19 Å². The van der Waals surface area contributed by atoms with Crippen LogP contribution in [-0.2, 0) is 4.79 Å². The number of aryl methyl sites for hydroxylation is 1. The van der Waals surface area contributed by atoms with Gasteiger partial charge in [-0.3, -0.25) is 9.69 Å². The lowest BCUT2D eigenvalue weighted by Crippen LogP contribution is -2.64. The van der Waals surface area contributed by atoms with Crippen LogP contribution >= 0.6 is 0 Å². The highest BCUT2D eigenvalue weighted by molar-refractivity contribution is 5.83. The van der Waals surface area contributed by atoms with Gasteiger partial charge in [-0.2, -0.15) is 10.5 Å². The third-order valence-corrected chi connectivity index (χ3v) is 5.32. The molecule has 1 aromatic carbocycles. The van der Waals surface area contributed by atoms with Gasteiger partial charge in [0.25, 0.3) is 0 Å². The van der Waals surface area contributed by atoms with Crippen molar-refractivity contribution in [1.29, 1.82) is 10.5 Å². The number of nitriles is 2. The lowest BCUT2D eigenvalue weighted by molar-refractivity contribution is -0.144. The summed E-state index contributed by atoms with van der Waals surface area (Å²) in [5.74, 6) is 0.334. The molecule has 0 bridgehead atoms. The van der Waals surface area contributed by atoms with Crippen molar-refractivity contribution in [3.8, 4) is 12.3 Å². The lowest BCUT2D eigenvalue weighted by Gasteiger charge is -2.45. The number of hydrogen-bond acceptors (Lipinski definition) is 5. The normalized spacial score (nSPS) is 22.1. The summed E-state index contributed by atoms with van der Waals surface area (Å²) in [6.45, 7) is 8.32. The minimum Gasteiger partial charge on any atom is -0.339 e. The maximum Gasteiger partial charge on any atom is 0.241 e. The molecule has 2 aliphatic heterocycles. The quantitative estimate of drug-likeness (QED) is 0.777. The molecular formula is C19H23N5O. The fourth-order valence-corrected chi connectivity index (χ4v) is 3.72. The van der Waals surface area contributed by atoms with Crippen molar-refractivity contribution in [3.05, 3.63) is 34.9 Å². The number of rotatable bonds is 3. The summed E-state index contributed by atoms with van der Waals surface area (Å²) in [4.78, 5) is 18.7. The summed E-state index contributed by atoms with van der Waals surface area (Å²) in [5, 5.41) is 18.2. The van der Waals surface area contributed by atoms with Gasteiger partial charge in [0, 0.05) is 32.7 Å². The molecule has 2 heterocycles. The van der Waals surface area contributed by atoms with Crippen LogP contribution in [0.4, 0.5) is 0 Å². The number of piperazine rings is 2. The molecule has 6 heteroatoms. The Morgan fingerprint density at radius 2 is 2.00 bits per heavy atom. The van der Waals surface area contributed by atoms with Crippen LogP contribution in [0, 0.1) is 29.7 Å². The van der Waals surface area contributed by atoms with Crippen LogP contribution in [0.5, 0.6) is 0 Å². The summed E-state index contributed by atoms with van der Waals surface area (Å²) in [5.41, 5.74) is 2.81. The van der Waals surface area contributed by atoms with E-state index in [4.69, 9.17) is 10.5 Å². The van der Waals surface area contributed by atoms with Crippen LogP contribution in [0.2, 0.25) is 0 Å². The number of nitrogens with zero attached hydrogens (tertiary/aromatic N) is 5. The first-order chi connectivity index (χ1) is 12.0. The first kappa shape index (κ1) is 17.3. The zero-order valence-corrected chi connectivity index (χ0v) is 14.8. The Bertz CT molecular complexity index is 747. The average Bonchev–Trinajstić information content (AvgIpc) is 2.63. The summed E-state index contributed by atoms with van der Waals surface area (Å²) < 4.78 is 0. The van der Waals surface area contributed by atoms with Crippen molar-refractivity contribution in [2.45, 2.75) is 25.8 Å². The van der Waals surface area contributed by atoms with E-state index < -0.39 is 0 Å². The maximum atomic E-state index is 12.9. The van der Waals surface area contributed by atoms with E-state index >= 15 is 0 Å². The van der Waals surface area contributed by atoms with Crippen molar-refractivity contribution in [2.24, 2.45) is 0 Å². The van der Waals surface area contributed by atoms with E-state index in [1.807, 2.05) is 30.0 Å². The van der Waals surface area contributed by atoms with Crippen molar-refractivity contribution >= 4 is 5.91 Å². The molecule has 2 saturated heterocycles. The SMILES string of the molecule is Cc1cc(C(C)CN2CCN3CCN(C#N)C[C@@H]3C2=O)ccc1C#N. The van der Waals surface area contributed by atoms with Gasteiger partial charge in [0.05, 0.1) is 18.2 Å². The van der Waals surface area contributed by atoms with Crippen LogP contribution in [0.25, 0.3) is 0 Å². The van der Waals surface area contributed by atoms with Crippen LogP contribution in [0.1, 0.15) is 29.5 Å². The molecule has 2 atom stereocenters. The van der Waals surface area contributed by atoms with Gasteiger partial charge in [-0.05, 0) is 30.0 Å². The minimum absolute atomic E-state index is 0.128. The molecule has 3 rings (SSSR count). The molecule has 6 nitrogen and oxygen atoms in total. The number of fused-ring (bicyclic) bond motifs is 1. The van der Waals surface area contributed by atoms with Gasteiger partial charge in [0.1, 0.15) is 6.04 Å². The highest BCUT2D eigenvalue weighted by Gasteiger charge is 2.38. The van der Waals surface area contributed by atoms with Gasteiger partial charge in [-0.15, -0.1) is 0 Å². The summed E-state index contributed by atoms with van der Waals surface area (Å²) in [7, 11) is 0. The molecule has 0 N–H and O–H groups in total. The van der Waals surface area contributed by atoms with E-state index in [1.54, 1.807) is 4.90 Å². The molecule has 1 amide bonds. The summed E-state index contributed by atoms with van der Waals surface area (Å²) in [6, 6.07) is 7.87. The Balaban J connectivity index is 1.68. The van der Waals surface area contributed by atoms with E-state index in [1.165, 1.54) is 0 Å². The van der Waals surface area contributed by atoms with Gasteiger partial charge in [0.2, 0.25) is 5.91 Å². The van der Waals surface area contributed by atoms with E-state index in [0.29, 0.717) is 25.2 Å². The Morgan fingerprint density at radius 3 is 2.68 bits per heavy atom. The molecule has 130 valence electrons. The Kier molecular flexibility index (Phi) is 4.92. The second-order valence-electron chi connectivity index (χ2n) is 6.97. The minimum atomic E-state index is -0.197. The standard InChI is InChI=1S/C19H23N5O/c1-14-9-16(3-4-17(14)10-20)15(2)11-24-8-7-23-6-5-22(13-21)12-18(23)19(24)25/h3-4,9,15,18H,5-8,11-12H2,1-2H3/t15?,18-/m1/s1. The molecule has 2 aliphatic rings. The Morgan fingerprint density at radius 1 is 1.24 bits per heavy atom. The molecular weight excluding hydrogens is 314 g/mol. The van der Waals surface area contributed by atoms with Crippen molar-refractivity contribution in [2.75, 3.05) is 39.3 Å². The zero-order chi connectivity index (χ0) is 18.0. The Hall–Kier alpha value is -2.57. The number of carbonyl (C=O) groups is 1. The van der Waals surface area contributed by atoms with Gasteiger partial charge in [-0.25, -0.2) is 0 Å². The third-order valence-electron chi connectivity index (χ3n) is 5.32. The largest absolute Gasteiger partial charge is 0.339 e. The molecule has 0 radical (unpaired) electrons. The first-order valence-electron chi connectivity index (χ1n) is 8.71. The number of carbonyl (C=O) groups excluding carboxylic acids is 1. The van der Waals surface area contributed by atoms with Crippen LogP contribution in [-0.4, -0.2) is 65.9 Å². The first-order valence-corrected chi connectivity index (χ1v) is 8.71. The zero-order valence-electron chi connectivity index (χ0n) is 14.8. The fourth-order valence-electron chi connectivity index (χ4n) is 3.72. The van der Waals surface area contributed by atoms with Crippen LogP contribution < -0.4 is 0 Å². The highest BCUT2D eigenvalue weighted by Crippen LogP contribution is 2.23. The van der Waals surface area contributed by atoms with E-state index in [0.717, 1.165) is 30.8 Å². The third kappa shape index (κ3) is 3.45. The predicted octanol–water partition coefficient (Wildman–Crippen LogP) is 1.28. The second-order valence-corrected chi connectivity index (χ2v) is 6.97. The summed E-state index contributed by atoms with van der Waals surface area (Å²) in [6.07, 6.45) is 2.17. The van der Waals surface area contributed by atoms with Gasteiger partial charge >= 0.3 is 0 Å². The van der Waals surface area contributed by atoms with E-state index in [2.05, 4.69) is 24.1 Å². The molecule has 1 unspecified atom stereocenters. The fraction of sp³-hybridized carbons (Fsp3) is 0.526. The van der Waals surface area contributed by atoms with E-state index in [-0.39, 0.29) is 17.9 Å². The molecule has 0 aromatic heterocycles. The second kappa shape index (κ2) is 7.13. The van der Waals surface area contributed by atoms with Gasteiger partial charge < -0.3 is 9.80 Å². The smallest absolute Gasteiger partial charge is 0.241 e. The van der Waals surface area contributed by atoms with E-state index in [9.17, 15) is 4.79 Å².